The summed E-state index contributed by atoms with van der Waals surface area (Å²) < 4.78 is 22.4. The number of hydrogen-bond acceptors (Lipinski definition) is 9. The van der Waals surface area contributed by atoms with E-state index in [1.54, 1.807) is 11.2 Å². The molecule has 13 heteroatoms. The van der Waals surface area contributed by atoms with Crippen molar-refractivity contribution in [1.82, 2.24) is 10.2 Å². The van der Waals surface area contributed by atoms with E-state index in [0.29, 0.717) is 38.9 Å². The number of nitro benzene ring substituents is 1. The maximum atomic E-state index is 12.2. The van der Waals surface area contributed by atoms with Crippen molar-refractivity contribution in [2.75, 3.05) is 29.4 Å². The zero-order valence-corrected chi connectivity index (χ0v) is 19.6. The first-order valence-corrected chi connectivity index (χ1v) is 11.3. The Labute approximate surface area is 210 Å². The Morgan fingerprint density at radius 2 is 1.81 bits per heavy atom. The number of cyclic esters (lactones) is 1. The van der Waals surface area contributed by atoms with Gasteiger partial charge in [-0.2, -0.15) is 5.10 Å². The molecule has 0 radical (unpaired) electrons. The predicted octanol–water partition coefficient (Wildman–Crippen LogP) is 3.59. The molecule has 1 saturated heterocycles. The zero-order valence-electron chi connectivity index (χ0n) is 19.6. The highest BCUT2D eigenvalue weighted by atomic mass is 19.1. The molecule has 0 aliphatic carbocycles. The Balaban J connectivity index is 0.000000270. The molecule has 2 aliphatic heterocycles. The second-order valence-electron chi connectivity index (χ2n) is 8.09. The molecule has 0 N–H and O–H groups in total. The summed E-state index contributed by atoms with van der Waals surface area (Å²) in [5, 5.41) is 19.3. The lowest BCUT2D eigenvalue weighted by atomic mass is 10.1. The van der Waals surface area contributed by atoms with Crippen LogP contribution in [0.4, 0.5) is 26.2 Å². The molecule has 12 nitrogen and oxygen atoms in total. The molecule has 3 heterocycles. The summed E-state index contributed by atoms with van der Waals surface area (Å²) in [6.45, 7) is 1.71. The highest BCUT2D eigenvalue weighted by Crippen LogP contribution is 2.26. The molecule has 1 aromatic heterocycles. The smallest absolute Gasteiger partial charge is 0.414 e. The minimum atomic E-state index is -0.570. The normalized spacial score (nSPS) is 16.7. The molecule has 1 fully saturated rings. The van der Waals surface area contributed by atoms with Crippen LogP contribution in [0.5, 0.6) is 0 Å². The summed E-state index contributed by atoms with van der Waals surface area (Å²) in [6.07, 6.45) is 4.75. The molecule has 2 aliphatic rings. The number of benzene rings is 2. The van der Waals surface area contributed by atoms with Crippen LogP contribution in [0.3, 0.4) is 0 Å². The average molecular weight is 510 g/mol. The summed E-state index contributed by atoms with van der Waals surface area (Å²) in [7, 11) is 0. The van der Waals surface area contributed by atoms with Gasteiger partial charge in [0.05, 0.1) is 23.7 Å². The van der Waals surface area contributed by atoms with Crippen LogP contribution in [-0.2, 0) is 16.0 Å². The minimum Gasteiger partial charge on any atom is -0.444 e. The van der Waals surface area contributed by atoms with E-state index in [9.17, 15) is 24.1 Å². The number of aryl methyl sites for hydroxylation is 1. The van der Waals surface area contributed by atoms with Crippen LogP contribution in [0.1, 0.15) is 12.1 Å². The Bertz CT molecular complexity index is 1240. The van der Waals surface area contributed by atoms with E-state index in [1.807, 2.05) is 35.2 Å². The van der Waals surface area contributed by atoms with Gasteiger partial charge < -0.3 is 14.2 Å². The van der Waals surface area contributed by atoms with E-state index in [4.69, 9.17) is 9.26 Å². The number of rotatable bonds is 7. The molecule has 3 aromatic rings. The first-order valence-electron chi connectivity index (χ1n) is 11.3. The van der Waals surface area contributed by atoms with Gasteiger partial charge in [0.2, 0.25) is 6.41 Å². The molecule has 0 bridgehead atoms. The van der Waals surface area contributed by atoms with Gasteiger partial charge in [-0.15, -0.1) is 0 Å². The van der Waals surface area contributed by atoms with Crippen LogP contribution in [0.25, 0.3) is 0 Å². The summed E-state index contributed by atoms with van der Waals surface area (Å²) >= 11 is 0. The van der Waals surface area contributed by atoms with E-state index in [1.165, 1.54) is 11.3 Å². The molecule has 5 rings (SSSR count). The second-order valence-corrected chi connectivity index (χ2v) is 8.09. The molecule has 0 unspecified atom stereocenters. The fourth-order valence-electron chi connectivity index (χ4n) is 3.67. The third-order valence-corrected chi connectivity index (χ3v) is 5.65. The van der Waals surface area contributed by atoms with Crippen molar-refractivity contribution >= 4 is 35.9 Å². The lowest BCUT2D eigenvalue weighted by molar-refractivity contribution is -0.384. The molecule has 0 saturated carbocycles. The van der Waals surface area contributed by atoms with E-state index in [0.717, 1.165) is 41.3 Å². The average Bonchev–Trinajstić information content (AvgIpc) is 3.58. The lowest BCUT2D eigenvalue weighted by Gasteiger charge is -2.26. The fraction of sp³-hybridized carbons (Fsp3) is 0.250. The maximum Gasteiger partial charge on any atom is 0.414 e. The highest BCUT2D eigenvalue weighted by molar-refractivity contribution is 5.90. The van der Waals surface area contributed by atoms with Crippen molar-refractivity contribution in [3.63, 3.8) is 0 Å². The van der Waals surface area contributed by atoms with Gasteiger partial charge in [0.25, 0.3) is 5.69 Å². The summed E-state index contributed by atoms with van der Waals surface area (Å²) in [4.78, 5) is 35.9. The molecular formula is C24H23FN6O6. The van der Waals surface area contributed by atoms with Gasteiger partial charge in [-0.3, -0.25) is 19.8 Å². The number of ether oxygens (including phenoxy) is 1. The largest absolute Gasteiger partial charge is 0.444 e. The van der Waals surface area contributed by atoms with E-state index < -0.39 is 10.7 Å². The first kappa shape index (κ1) is 25.3. The van der Waals surface area contributed by atoms with Crippen LogP contribution in [-0.4, -0.2) is 59.7 Å². The number of hydrazone groups is 1. The number of nitro groups is 1. The quantitative estimate of drug-likeness (QED) is 0.267. The van der Waals surface area contributed by atoms with Gasteiger partial charge in [-0.1, -0.05) is 5.16 Å². The third-order valence-electron chi connectivity index (χ3n) is 5.65. The molecular weight excluding hydrogens is 487 g/mol. The van der Waals surface area contributed by atoms with Crippen molar-refractivity contribution in [3.8, 4) is 0 Å². The number of halogens is 1. The molecule has 2 amide bonds. The molecule has 2 aromatic carbocycles. The summed E-state index contributed by atoms with van der Waals surface area (Å²) in [5.41, 5.74) is 2.49. The summed E-state index contributed by atoms with van der Waals surface area (Å²) in [6, 6.07) is 13.8. The third kappa shape index (κ3) is 6.66. The first-order chi connectivity index (χ1) is 17.9. The Kier molecular flexibility index (Phi) is 8.03. The van der Waals surface area contributed by atoms with Crippen molar-refractivity contribution in [2.24, 2.45) is 5.10 Å². The minimum absolute atomic E-state index is 0.0959. The lowest BCUT2D eigenvalue weighted by Crippen LogP contribution is -2.37. The number of nitrogens with zero attached hydrogens (tertiary/aromatic N) is 6. The molecule has 192 valence electrons. The van der Waals surface area contributed by atoms with Gasteiger partial charge in [-0.05, 0) is 49.2 Å². The van der Waals surface area contributed by atoms with E-state index in [2.05, 4.69) is 10.3 Å². The number of hydrogen-bond donors (Lipinski definition) is 0. The van der Waals surface area contributed by atoms with E-state index in [-0.39, 0.29) is 17.9 Å². The number of non-ortho nitro benzene ring substituents is 1. The highest BCUT2D eigenvalue weighted by Gasteiger charge is 2.32. The van der Waals surface area contributed by atoms with Gasteiger partial charge in [-0.25, -0.2) is 14.2 Å². The van der Waals surface area contributed by atoms with Gasteiger partial charge in [0.15, 0.2) is 0 Å². The standard InChI is InChI=1S/C18H19N5O4.C6H4FNO2/c24-13-22-9-8-21(12-19-22)15-2-4-16(5-3-15)23-11-17(27-18(23)25)6-1-14-7-10-26-20-14;7-5-1-3-6(4-2-5)8(9)10/h2-5,7,10,12-13,17H,1,6,8-9,11H2;1-4H/t17-;/m0./s1. The Morgan fingerprint density at radius 1 is 1.08 bits per heavy atom. The van der Waals surface area contributed by atoms with Crippen LogP contribution in [0.2, 0.25) is 0 Å². The predicted molar refractivity (Wildman–Crippen MR) is 131 cm³/mol. The molecule has 0 spiro atoms. The zero-order chi connectivity index (χ0) is 26.2. The van der Waals surface area contributed by atoms with Crippen molar-refractivity contribution in [3.05, 3.63) is 82.5 Å². The molecule has 1 atom stereocenters. The number of amides is 2. The van der Waals surface area contributed by atoms with Crippen molar-refractivity contribution < 1.29 is 28.2 Å². The van der Waals surface area contributed by atoms with Crippen LogP contribution >= 0.6 is 0 Å². The fourth-order valence-corrected chi connectivity index (χ4v) is 3.67. The van der Waals surface area contributed by atoms with Crippen molar-refractivity contribution in [2.45, 2.75) is 18.9 Å². The summed E-state index contributed by atoms with van der Waals surface area (Å²) in [5.74, 6) is -0.467. The van der Waals surface area contributed by atoms with Crippen molar-refractivity contribution in [1.29, 1.82) is 0 Å². The SMILES string of the molecule is O=CN1CCN(c2ccc(N3C[C@H](CCc4ccon4)OC3=O)cc2)C=N1.O=[N+]([O-])c1ccc(F)cc1. The van der Waals surface area contributed by atoms with Gasteiger partial charge in [0.1, 0.15) is 24.5 Å². The molecule has 37 heavy (non-hydrogen) atoms. The van der Waals surface area contributed by atoms with Gasteiger partial charge in [0, 0.05) is 36.1 Å². The number of carbonyl (C=O) groups is 2. The Morgan fingerprint density at radius 3 is 2.41 bits per heavy atom. The van der Waals surface area contributed by atoms with Crippen LogP contribution < -0.4 is 9.80 Å². The topological polar surface area (TPSA) is 135 Å². The Hall–Kier alpha value is -4.81. The van der Waals surface area contributed by atoms with E-state index >= 15 is 0 Å². The monoisotopic (exact) mass is 510 g/mol. The van der Waals surface area contributed by atoms with Crippen LogP contribution in [0, 0.1) is 15.9 Å². The number of anilines is 2. The van der Waals surface area contributed by atoms with Gasteiger partial charge >= 0.3 is 6.09 Å². The number of aromatic nitrogens is 1. The van der Waals surface area contributed by atoms with Crippen LogP contribution in [0.15, 0.2) is 70.5 Å². The number of carbonyl (C=O) groups excluding carboxylic acids is 2. The second kappa shape index (κ2) is 11.7. The maximum absolute atomic E-state index is 12.2.